The zero-order valence-electron chi connectivity index (χ0n) is 10.8. The highest BCUT2D eigenvalue weighted by atomic mass is 19.1. The summed E-state index contributed by atoms with van der Waals surface area (Å²) in [5.41, 5.74) is 6.98. The lowest BCUT2D eigenvalue weighted by Crippen LogP contribution is -2.13. The van der Waals surface area contributed by atoms with Gasteiger partial charge in [0, 0.05) is 11.3 Å². The van der Waals surface area contributed by atoms with Crippen LogP contribution in [0.4, 0.5) is 10.1 Å². The summed E-state index contributed by atoms with van der Waals surface area (Å²) >= 11 is 0. The van der Waals surface area contributed by atoms with Gasteiger partial charge in [-0.1, -0.05) is 6.92 Å². The third kappa shape index (κ3) is 2.30. The molecule has 0 saturated heterocycles. The van der Waals surface area contributed by atoms with E-state index in [0.29, 0.717) is 22.5 Å². The molecule has 0 amide bonds. The van der Waals surface area contributed by atoms with E-state index in [2.05, 4.69) is 22.4 Å². The number of rotatable bonds is 4. The first kappa shape index (κ1) is 12.1. The zero-order valence-corrected chi connectivity index (χ0v) is 10.8. The van der Waals surface area contributed by atoms with Crippen LogP contribution in [0.5, 0.6) is 0 Å². The number of halogens is 1. The van der Waals surface area contributed by atoms with Crippen molar-refractivity contribution in [3.05, 3.63) is 24.0 Å². The van der Waals surface area contributed by atoms with Crippen molar-refractivity contribution in [3.63, 3.8) is 0 Å². The van der Waals surface area contributed by atoms with E-state index in [9.17, 15) is 4.39 Å². The van der Waals surface area contributed by atoms with Crippen molar-refractivity contribution in [1.82, 2.24) is 20.2 Å². The fraction of sp³-hybridized carbons (Fsp3) is 0.462. The van der Waals surface area contributed by atoms with Crippen LogP contribution in [-0.2, 0) is 6.54 Å². The Kier molecular flexibility index (Phi) is 2.73. The smallest absolute Gasteiger partial charge is 0.182 e. The molecular formula is C13H16FN5. The Morgan fingerprint density at radius 2 is 2.16 bits per heavy atom. The maximum atomic E-state index is 13.4. The molecule has 5 nitrogen and oxygen atoms in total. The van der Waals surface area contributed by atoms with Crippen LogP contribution in [-0.4, -0.2) is 20.2 Å². The molecule has 2 N–H and O–H groups in total. The summed E-state index contributed by atoms with van der Waals surface area (Å²) in [6.45, 7) is 2.96. The van der Waals surface area contributed by atoms with Crippen molar-refractivity contribution < 1.29 is 4.39 Å². The topological polar surface area (TPSA) is 69.6 Å². The minimum absolute atomic E-state index is 0.322. The first-order chi connectivity index (χ1) is 9.12. The Labute approximate surface area is 110 Å². The number of tetrazole rings is 1. The second-order valence-electron chi connectivity index (χ2n) is 5.29. The van der Waals surface area contributed by atoms with E-state index in [1.807, 2.05) is 0 Å². The Balaban J connectivity index is 1.95. The standard InChI is InChI=1S/C13H16FN5/c1-2-13(3-4-13)8-19-12(16-17-18-19)9-5-10(14)7-11(15)6-9/h5-7H,2-4,8,15H2,1H3. The lowest BCUT2D eigenvalue weighted by atomic mass is 10.0. The van der Waals surface area contributed by atoms with Gasteiger partial charge in [-0.05, 0) is 53.3 Å². The van der Waals surface area contributed by atoms with E-state index >= 15 is 0 Å². The van der Waals surface area contributed by atoms with Crippen LogP contribution < -0.4 is 5.73 Å². The fourth-order valence-electron chi connectivity index (χ4n) is 2.38. The Morgan fingerprint density at radius 1 is 1.37 bits per heavy atom. The average molecular weight is 261 g/mol. The SMILES string of the molecule is CCC1(Cn2nnnc2-c2cc(N)cc(F)c2)CC1. The van der Waals surface area contributed by atoms with E-state index in [1.165, 1.54) is 25.0 Å². The second kappa shape index (κ2) is 4.29. The van der Waals surface area contributed by atoms with Gasteiger partial charge in [0.15, 0.2) is 5.82 Å². The summed E-state index contributed by atoms with van der Waals surface area (Å²) in [6, 6.07) is 4.38. The van der Waals surface area contributed by atoms with Gasteiger partial charge in [-0.2, -0.15) is 0 Å². The monoisotopic (exact) mass is 261 g/mol. The van der Waals surface area contributed by atoms with E-state index < -0.39 is 0 Å². The van der Waals surface area contributed by atoms with Crippen LogP contribution in [0.3, 0.4) is 0 Å². The predicted molar refractivity (Wildman–Crippen MR) is 69.6 cm³/mol. The first-order valence-corrected chi connectivity index (χ1v) is 6.44. The third-order valence-corrected chi connectivity index (χ3v) is 3.90. The van der Waals surface area contributed by atoms with Gasteiger partial charge in [-0.3, -0.25) is 0 Å². The van der Waals surface area contributed by atoms with Crippen molar-refractivity contribution in [2.75, 3.05) is 5.73 Å². The number of nitrogens with two attached hydrogens (primary N) is 1. The highest BCUT2D eigenvalue weighted by Crippen LogP contribution is 2.50. The average Bonchev–Trinajstić information content (AvgIpc) is 2.98. The Hall–Kier alpha value is -1.98. The van der Waals surface area contributed by atoms with Crippen molar-refractivity contribution in [2.45, 2.75) is 32.7 Å². The van der Waals surface area contributed by atoms with Crippen LogP contribution >= 0.6 is 0 Å². The molecule has 19 heavy (non-hydrogen) atoms. The van der Waals surface area contributed by atoms with Crippen LogP contribution in [0.1, 0.15) is 26.2 Å². The molecule has 100 valence electrons. The number of benzene rings is 1. The zero-order chi connectivity index (χ0) is 13.5. The summed E-state index contributed by atoms with van der Waals surface area (Å²) in [5, 5.41) is 11.7. The number of hydrogen-bond acceptors (Lipinski definition) is 4. The Morgan fingerprint density at radius 3 is 2.79 bits per heavy atom. The van der Waals surface area contributed by atoms with Crippen molar-refractivity contribution in [1.29, 1.82) is 0 Å². The molecule has 6 heteroatoms. The van der Waals surface area contributed by atoms with Gasteiger partial charge >= 0.3 is 0 Å². The molecule has 1 saturated carbocycles. The molecule has 1 aromatic heterocycles. The highest BCUT2D eigenvalue weighted by Gasteiger charge is 2.41. The van der Waals surface area contributed by atoms with Crippen LogP contribution in [0.15, 0.2) is 18.2 Å². The molecule has 1 heterocycles. The van der Waals surface area contributed by atoms with Crippen molar-refractivity contribution in [2.24, 2.45) is 5.41 Å². The van der Waals surface area contributed by atoms with Gasteiger partial charge in [0.2, 0.25) is 0 Å². The second-order valence-corrected chi connectivity index (χ2v) is 5.29. The normalized spacial score (nSPS) is 16.5. The lowest BCUT2D eigenvalue weighted by molar-refractivity contribution is 0.382. The molecule has 0 spiro atoms. The fourth-order valence-corrected chi connectivity index (χ4v) is 2.38. The first-order valence-electron chi connectivity index (χ1n) is 6.44. The predicted octanol–water partition coefficient (Wildman–Crippen LogP) is 2.25. The van der Waals surface area contributed by atoms with E-state index in [4.69, 9.17) is 5.73 Å². The Bertz CT molecular complexity index is 583. The number of hydrogen-bond donors (Lipinski definition) is 1. The maximum absolute atomic E-state index is 13.4. The van der Waals surface area contributed by atoms with Gasteiger partial charge in [-0.25, -0.2) is 9.07 Å². The van der Waals surface area contributed by atoms with Gasteiger partial charge in [-0.15, -0.1) is 5.10 Å². The molecule has 0 radical (unpaired) electrons. The molecule has 1 fully saturated rings. The number of anilines is 1. The maximum Gasteiger partial charge on any atom is 0.182 e. The van der Waals surface area contributed by atoms with Gasteiger partial charge < -0.3 is 5.73 Å². The third-order valence-electron chi connectivity index (χ3n) is 3.90. The molecule has 0 atom stereocenters. The summed E-state index contributed by atoms with van der Waals surface area (Å²) < 4.78 is 15.2. The van der Waals surface area contributed by atoms with Gasteiger partial charge in [0.1, 0.15) is 5.82 Å². The summed E-state index contributed by atoms with van der Waals surface area (Å²) in [7, 11) is 0. The summed E-state index contributed by atoms with van der Waals surface area (Å²) in [5.74, 6) is 0.201. The number of nitrogens with zero attached hydrogens (tertiary/aromatic N) is 4. The van der Waals surface area contributed by atoms with Crippen LogP contribution in [0, 0.1) is 11.2 Å². The molecule has 0 aliphatic heterocycles. The minimum atomic E-state index is -0.374. The van der Waals surface area contributed by atoms with Gasteiger partial charge in [0.05, 0.1) is 6.54 Å². The number of nitrogen functional groups attached to an aromatic ring is 1. The summed E-state index contributed by atoms with van der Waals surface area (Å²) in [6.07, 6.45) is 3.51. The molecule has 0 bridgehead atoms. The molecule has 1 aliphatic carbocycles. The van der Waals surface area contributed by atoms with E-state index in [0.717, 1.165) is 13.0 Å². The summed E-state index contributed by atoms with van der Waals surface area (Å²) in [4.78, 5) is 0. The molecule has 2 aromatic rings. The molecule has 3 rings (SSSR count). The van der Waals surface area contributed by atoms with Crippen LogP contribution in [0.2, 0.25) is 0 Å². The van der Waals surface area contributed by atoms with E-state index in [-0.39, 0.29) is 5.82 Å². The highest BCUT2D eigenvalue weighted by molar-refractivity contribution is 5.61. The van der Waals surface area contributed by atoms with Crippen LogP contribution in [0.25, 0.3) is 11.4 Å². The van der Waals surface area contributed by atoms with Gasteiger partial charge in [0.25, 0.3) is 0 Å². The van der Waals surface area contributed by atoms with E-state index in [1.54, 1.807) is 10.7 Å². The lowest BCUT2D eigenvalue weighted by Gasteiger charge is -2.13. The largest absolute Gasteiger partial charge is 0.399 e. The molecule has 1 aliphatic rings. The van der Waals surface area contributed by atoms with Crippen molar-refractivity contribution >= 4 is 5.69 Å². The molecule has 0 unspecified atom stereocenters. The molecule has 1 aromatic carbocycles. The molecular weight excluding hydrogens is 245 g/mol. The number of aromatic nitrogens is 4. The van der Waals surface area contributed by atoms with Crippen molar-refractivity contribution in [3.8, 4) is 11.4 Å². The minimum Gasteiger partial charge on any atom is -0.399 e. The quantitative estimate of drug-likeness (QED) is 0.857.